The highest BCUT2D eigenvalue weighted by Gasteiger charge is 2.51. The molecule has 0 aliphatic heterocycles. The number of hydrogen-bond donors (Lipinski definition) is 1. The van der Waals surface area contributed by atoms with Gasteiger partial charge in [-0.15, -0.1) is 0 Å². The standard InChI is InChI=1S/C8H17NO/c1-7(2,3)8(4-5-8)6-10-9/h4-6,9H2,1-3H3. The summed E-state index contributed by atoms with van der Waals surface area (Å²) in [5.74, 6) is 5.05. The third-order valence-electron chi connectivity index (χ3n) is 2.80. The quantitative estimate of drug-likeness (QED) is 0.597. The molecule has 1 saturated carbocycles. The Morgan fingerprint density at radius 2 is 1.90 bits per heavy atom. The zero-order chi connectivity index (χ0) is 7.83. The third kappa shape index (κ3) is 1.18. The molecule has 0 aromatic heterocycles. The normalized spacial score (nSPS) is 22.8. The maximum Gasteiger partial charge on any atom is 0.0740 e. The molecule has 1 aliphatic carbocycles. The van der Waals surface area contributed by atoms with Gasteiger partial charge < -0.3 is 4.84 Å². The van der Waals surface area contributed by atoms with E-state index in [1.807, 2.05) is 0 Å². The second kappa shape index (κ2) is 2.21. The molecule has 0 bridgehead atoms. The lowest BCUT2D eigenvalue weighted by atomic mass is 9.78. The summed E-state index contributed by atoms with van der Waals surface area (Å²) in [6.07, 6.45) is 2.54. The molecule has 0 aromatic carbocycles. The van der Waals surface area contributed by atoms with Gasteiger partial charge in [-0.1, -0.05) is 20.8 Å². The topological polar surface area (TPSA) is 35.2 Å². The predicted molar refractivity (Wildman–Crippen MR) is 41.3 cm³/mol. The Labute approximate surface area is 62.7 Å². The second-order valence-corrected chi connectivity index (χ2v) is 4.34. The van der Waals surface area contributed by atoms with Crippen LogP contribution in [0, 0.1) is 10.8 Å². The fourth-order valence-corrected chi connectivity index (χ4v) is 1.42. The summed E-state index contributed by atoms with van der Waals surface area (Å²) in [5.41, 5.74) is 0.744. The van der Waals surface area contributed by atoms with Gasteiger partial charge in [0.25, 0.3) is 0 Å². The predicted octanol–water partition coefficient (Wildman–Crippen LogP) is 1.70. The molecule has 1 aliphatic rings. The van der Waals surface area contributed by atoms with E-state index in [2.05, 4.69) is 20.8 Å². The molecule has 0 atom stereocenters. The lowest BCUT2D eigenvalue weighted by Gasteiger charge is -2.29. The first-order valence-electron chi connectivity index (χ1n) is 3.84. The van der Waals surface area contributed by atoms with Crippen LogP contribution in [0.2, 0.25) is 0 Å². The molecule has 0 saturated heterocycles. The number of nitrogens with two attached hydrogens (primary N) is 1. The van der Waals surface area contributed by atoms with Crippen molar-refractivity contribution >= 4 is 0 Å². The fraction of sp³-hybridized carbons (Fsp3) is 1.00. The van der Waals surface area contributed by atoms with Gasteiger partial charge in [0.15, 0.2) is 0 Å². The molecule has 0 aromatic rings. The summed E-state index contributed by atoms with van der Waals surface area (Å²) in [7, 11) is 0. The smallest absolute Gasteiger partial charge is 0.0740 e. The highest BCUT2D eigenvalue weighted by atomic mass is 16.6. The van der Waals surface area contributed by atoms with Gasteiger partial charge in [0.2, 0.25) is 0 Å². The van der Waals surface area contributed by atoms with Crippen LogP contribution < -0.4 is 5.90 Å². The maximum absolute atomic E-state index is 5.05. The Bertz CT molecular complexity index is 122. The number of hydrogen-bond acceptors (Lipinski definition) is 2. The van der Waals surface area contributed by atoms with Crippen molar-refractivity contribution in [2.45, 2.75) is 33.6 Å². The van der Waals surface area contributed by atoms with Crippen molar-refractivity contribution in [1.29, 1.82) is 0 Å². The Hall–Kier alpha value is -0.0800. The molecule has 60 valence electrons. The zero-order valence-electron chi connectivity index (χ0n) is 7.11. The van der Waals surface area contributed by atoms with Crippen LogP contribution in [0.4, 0.5) is 0 Å². The van der Waals surface area contributed by atoms with Crippen molar-refractivity contribution in [2.75, 3.05) is 6.61 Å². The van der Waals surface area contributed by atoms with Crippen molar-refractivity contribution in [3.8, 4) is 0 Å². The van der Waals surface area contributed by atoms with Crippen LogP contribution in [-0.4, -0.2) is 6.61 Å². The summed E-state index contributed by atoms with van der Waals surface area (Å²) in [6.45, 7) is 7.47. The molecule has 0 spiro atoms. The van der Waals surface area contributed by atoms with E-state index < -0.39 is 0 Å². The molecule has 2 N–H and O–H groups in total. The lowest BCUT2D eigenvalue weighted by Crippen LogP contribution is -2.28. The lowest BCUT2D eigenvalue weighted by molar-refractivity contribution is 0.0402. The van der Waals surface area contributed by atoms with E-state index in [9.17, 15) is 0 Å². The Kier molecular flexibility index (Phi) is 1.77. The molecular weight excluding hydrogens is 126 g/mol. The average molecular weight is 143 g/mol. The van der Waals surface area contributed by atoms with Crippen LogP contribution in [0.15, 0.2) is 0 Å². The van der Waals surface area contributed by atoms with Crippen molar-refractivity contribution in [3.05, 3.63) is 0 Å². The van der Waals surface area contributed by atoms with Gasteiger partial charge >= 0.3 is 0 Å². The molecule has 2 heteroatoms. The summed E-state index contributed by atoms with van der Waals surface area (Å²) < 4.78 is 0. The minimum atomic E-state index is 0.354. The van der Waals surface area contributed by atoms with Crippen LogP contribution in [0.25, 0.3) is 0 Å². The van der Waals surface area contributed by atoms with E-state index in [0.29, 0.717) is 10.8 Å². The van der Waals surface area contributed by atoms with E-state index >= 15 is 0 Å². The highest BCUT2D eigenvalue weighted by Crippen LogP contribution is 2.58. The van der Waals surface area contributed by atoms with Gasteiger partial charge in [-0.2, -0.15) is 0 Å². The van der Waals surface area contributed by atoms with Crippen molar-refractivity contribution in [3.63, 3.8) is 0 Å². The van der Waals surface area contributed by atoms with E-state index in [0.717, 1.165) is 6.61 Å². The zero-order valence-corrected chi connectivity index (χ0v) is 7.11. The average Bonchev–Trinajstić information content (AvgIpc) is 2.45. The molecule has 1 rings (SSSR count). The van der Waals surface area contributed by atoms with Gasteiger partial charge in [0.1, 0.15) is 0 Å². The number of rotatable bonds is 2. The van der Waals surface area contributed by atoms with Gasteiger partial charge in [-0.25, -0.2) is 5.90 Å². The van der Waals surface area contributed by atoms with Gasteiger partial charge in [0, 0.05) is 5.41 Å². The molecule has 0 radical (unpaired) electrons. The summed E-state index contributed by atoms with van der Waals surface area (Å²) in [4.78, 5) is 4.70. The van der Waals surface area contributed by atoms with Gasteiger partial charge in [-0.05, 0) is 18.3 Å². The van der Waals surface area contributed by atoms with Crippen molar-refractivity contribution in [1.82, 2.24) is 0 Å². The van der Waals surface area contributed by atoms with Crippen LogP contribution in [0.1, 0.15) is 33.6 Å². The van der Waals surface area contributed by atoms with Crippen LogP contribution in [0.3, 0.4) is 0 Å². The van der Waals surface area contributed by atoms with E-state index in [4.69, 9.17) is 10.7 Å². The molecule has 2 nitrogen and oxygen atoms in total. The largest absolute Gasteiger partial charge is 0.304 e. The Morgan fingerprint density at radius 3 is 2.00 bits per heavy atom. The Morgan fingerprint density at radius 1 is 1.40 bits per heavy atom. The van der Waals surface area contributed by atoms with E-state index in [1.54, 1.807) is 0 Å². The van der Waals surface area contributed by atoms with Crippen LogP contribution in [-0.2, 0) is 4.84 Å². The Balaban J connectivity index is 2.52. The van der Waals surface area contributed by atoms with Gasteiger partial charge in [-0.3, -0.25) is 0 Å². The van der Waals surface area contributed by atoms with E-state index in [-0.39, 0.29) is 0 Å². The second-order valence-electron chi connectivity index (χ2n) is 4.34. The minimum Gasteiger partial charge on any atom is -0.304 e. The molecule has 0 amide bonds. The highest BCUT2D eigenvalue weighted by molar-refractivity contribution is 5.01. The first-order valence-corrected chi connectivity index (χ1v) is 3.84. The van der Waals surface area contributed by atoms with Crippen molar-refractivity contribution in [2.24, 2.45) is 16.7 Å². The fourth-order valence-electron chi connectivity index (χ4n) is 1.42. The summed E-state index contributed by atoms with van der Waals surface area (Å²) in [5, 5.41) is 0. The molecule has 0 unspecified atom stereocenters. The molecule has 0 heterocycles. The van der Waals surface area contributed by atoms with E-state index in [1.165, 1.54) is 12.8 Å². The SMILES string of the molecule is CC(C)(C)C1(CON)CC1. The summed E-state index contributed by atoms with van der Waals surface area (Å²) in [6, 6.07) is 0. The first-order chi connectivity index (χ1) is 4.52. The van der Waals surface area contributed by atoms with Crippen LogP contribution >= 0.6 is 0 Å². The molecular formula is C8H17NO. The molecule has 1 fully saturated rings. The monoisotopic (exact) mass is 143 g/mol. The molecule has 10 heavy (non-hydrogen) atoms. The van der Waals surface area contributed by atoms with Crippen molar-refractivity contribution < 1.29 is 4.84 Å². The third-order valence-corrected chi connectivity index (χ3v) is 2.80. The minimum absolute atomic E-state index is 0.354. The van der Waals surface area contributed by atoms with Gasteiger partial charge in [0.05, 0.1) is 6.61 Å². The summed E-state index contributed by atoms with van der Waals surface area (Å²) >= 11 is 0. The first kappa shape index (κ1) is 8.02. The van der Waals surface area contributed by atoms with Crippen LogP contribution in [0.5, 0.6) is 0 Å². The maximum atomic E-state index is 5.05.